The molecular weight excluding hydrogens is 506 g/mol. The number of primary amides is 1. The van der Waals surface area contributed by atoms with E-state index in [-0.39, 0.29) is 16.3 Å². The van der Waals surface area contributed by atoms with E-state index < -0.39 is 29.3 Å². The Balaban J connectivity index is 2.21. The predicted molar refractivity (Wildman–Crippen MR) is 148 cm³/mol. The number of amides is 3. The molecule has 10 nitrogen and oxygen atoms in total. The molecule has 3 amide bonds. The summed E-state index contributed by atoms with van der Waals surface area (Å²) in [6.45, 7) is 10.2. The first-order chi connectivity index (χ1) is 18.0. The Morgan fingerprint density at radius 2 is 1.50 bits per heavy atom. The van der Waals surface area contributed by atoms with Crippen molar-refractivity contribution in [2.45, 2.75) is 46.2 Å². The minimum Gasteiger partial charge on any atom is -0.494 e. The molecule has 0 aliphatic rings. The fourth-order valence-electron chi connectivity index (χ4n) is 3.76. The summed E-state index contributed by atoms with van der Waals surface area (Å²) in [4.78, 5) is 41.0. The van der Waals surface area contributed by atoms with Crippen molar-refractivity contribution in [1.82, 2.24) is 9.69 Å². The largest absolute Gasteiger partial charge is 0.494 e. The summed E-state index contributed by atoms with van der Waals surface area (Å²) in [6, 6.07) is 12.6. The normalized spacial score (nSPS) is 11.9. The number of hydrogen-bond donors (Lipinski definition) is 3. The molecule has 5 N–H and O–H groups in total. The van der Waals surface area contributed by atoms with E-state index in [9.17, 15) is 14.4 Å². The summed E-state index contributed by atoms with van der Waals surface area (Å²) < 4.78 is 15.1. The lowest BCUT2D eigenvalue weighted by Crippen LogP contribution is -2.49. The highest BCUT2D eigenvalue weighted by atomic mass is 32.1. The van der Waals surface area contributed by atoms with Crippen LogP contribution in [-0.4, -0.2) is 40.8 Å². The van der Waals surface area contributed by atoms with Crippen molar-refractivity contribution in [3.63, 3.8) is 0 Å². The molecule has 11 heteroatoms. The minimum absolute atomic E-state index is 0.00724. The number of rotatable bonds is 10. The fraction of sp³-hybridized carbons (Fsp3) is 0.333. The molecule has 0 radical (unpaired) electrons. The average molecular weight is 540 g/mol. The summed E-state index contributed by atoms with van der Waals surface area (Å²) in [5, 5.41) is 2.98. The Bertz CT molecular complexity index is 1280. The first-order valence-corrected chi connectivity index (χ1v) is 12.9. The zero-order chi connectivity index (χ0) is 28.0. The quantitative estimate of drug-likeness (QED) is 0.353. The van der Waals surface area contributed by atoms with Gasteiger partial charge in [-0.1, -0.05) is 12.1 Å². The number of anilines is 2. The van der Waals surface area contributed by atoms with Gasteiger partial charge in [0.1, 0.15) is 22.4 Å². The van der Waals surface area contributed by atoms with Crippen LogP contribution in [0.25, 0.3) is 0 Å². The van der Waals surface area contributed by atoms with Crippen molar-refractivity contribution in [2.24, 2.45) is 5.73 Å². The lowest BCUT2D eigenvalue weighted by atomic mass is 10.00. The zero-order valence-electron chi connectivity index (χ0n) is 22.1. The van der Waals surface area contributed by atoms with E-state index >= 15 is 0 Å². The van der Waals surface area contributed by atoms with Crippen LogP contribution >= 0.6 is 11.5 Å². The van der Waals surface area contributed by atoms with Crippen LogP contribution in [0.3, 0.4) is 0 Å². The number of nitrogens with zero attached hydrogens (tertiary/aromatic N) is 2. The van der Waals surface area contributed by atoms with E-state index in [0.717, 1.165) is 11.5 Å². The molecule has 202 valence electrons. The monoisotopic (exact) mass is 539 g/mol. The van der Waals surface area contributed by atoms with Crippen molar-refractivity contribution >= 4 is 40.6 Å². The van der Waals surface area contributed by atoms with Gasteiger partial charge in [0.15, 0.2) is 5.69 Å². The van der Waals surface area contributed by atoms with E-state index in [1.165, 1.54) is 4.90 Å². The minimum atomic E-state index is -1.10. The number of carbonyl (C=O) groups excluding carboxylic acids is 3. The van der Waals surface area contributed by atoms with Gasteiger partial charge in [0.05, 0.1) is 18.9 Å². The Morgan fingerprint density at radius 3 is 1.95 bits per heavy atom. The van der Waals surface area contributed by atoms with Crippen LogP contribution in [0.2, 0.25) is 0 Å². The number of benzene rings is 2. The van der Waals surface area contributed by atoms with Gasteiger partial charge in [-0.05, 0) is 88.1 Å². The van der Waals surface area contributed by atoms with Gasteiger partial charge >= 0.3 is 0 Å². The molecular formula is C27H33N5O5S. The molecule has 38 heavy (non-hydrogen) atoms. The molecule has 0 bridgehead atoms. The lowest BCUT2D eigenvalue weighted by molar-refractivity contribution is -0.123. The fourth-order valence-corrected chi connectivity index (χ4v) is 4.50. The third-order valence-corrected chi connectivity index (χ3v) is 6.16. The molecule has 0 aliphatic heterocycles. The Hall–Kier alpha value is -4.12. The maximum absolute atomic E-state index is 14.1. The number of nitrogens with two attached hydrogens (primary N) is 2. The molecule has 0 unspecified atom stereocenters. The molecule has 1 atom stereocenters. The maximum atomic E-state index is 14.1. The Labute approximate surface area is 226 Å². The van der Waals surface area contributed by atoms with Crippen LogP contribution in [0, 0.1) is 0 Å². The van der Waals surface area contributed by atoms with Crippen molar-refractivity contribution in [3.8, 4) is 11.5 Å². The number of nitrogen functional groups attached to an aromatic ring is 1. The van der Waals surface area contributed by atoms with Crippen molar-refractivity contribution in [3.05, 3.63) is 64.7 Å². The van der Waals surface area contributed by atoms with Gasteiger partial charge in [-0.25, -0.2) is 0 Å². The first-order valence-electron chi connectivity index (χ1n) is 12.1. The molecule has 2 aromatic carbocycles. The van der Waals surface area contributed by atoms with Gasteiger partial charge in [0.2, 0.25) is 5.91 Å². The molecule has 1 heterocycles. The van der Waals surface area contributed by atoms with Crippen molar-refractivity contribution < 1.29 is 23.9 Å². The number of ether oxygens (including phenoxy) is 2. The van der Waals surface area contributed by atoms with Crippen molar-refractivity contribution in [2.75, 3.05) is 23.8 Å². The standard InChI is InChI=1S/C27H33N5O5S/c1-6-36-18-12-8-16(9-13-18)22(25(34)30-27(3,4)5)32(17-10-14-19(15-11-17)37-7-2)26(35)23-20(28)21(24(29)33)31-38-23/h8-15,22H,6-7,28H2,1-5H3,(H2,29,33)(H,30,34)/t22-/m0/s1. The van der Waals surface area contributed by atoms with Gasteiger partial charge in [-0.3, -0.25) is 19.3 Å². The van der Waals surface area contributed by atoms with Crippen LogP contribution in [0.4, 0.5) is 11.4 Å². The van der Waals surface area contributed by atoms with Crippen molar-refractivity contribution in [1.29, 1.82) is 0 Å². The molecule has 3 rings (SSSR count). The Morgan fingerprint density at radius 1 is 0.974 bits per heavy atom. The highest BCUT2D eigenvalue weighted by molar-refractivity contribution is 7.09. The van der Waals surface area contributed by atoms with Crippen LogP contribution in [0.1, 0.15) is 66.4 Å². The summed E-state index contributed by atoms with van der Waals surface area (Å²) in [5.41, 5.74) is 11.5. The topological polar surface area (TPSA) is 150 Å². The second kappa shape index (κ2) is 12.0. The summed E-state index contributed by atoms with van der Waals surface area (Å²) >= 11 is 0.750. The number of hydrogen-bond acceptors (Lipinski definition) is 8. The van der Waals surface area contributed by atoms with Crippen LogP contribution < -0.4 is 31.2 Å². The Kier molecular flexibility index (Phi) is 8.95. The lowest BCUT2D eigenvalue weighted by Gasteiger charge is -2.33. The molecule has 1 aromatic heterocycles. The SMILES string of the molecule is CCOc1ccc([C@@H](C(=O)NC(C)(C)C)N(C(=O)c2snc(C(N)=O)c2N)c2ccc(OCC)cc2)cc1. The molecule has 0 saturated heterocycles. The highest BCUT2D eigenvalue weighted by Gasteiger charge is 2.37. The molecule has 3 aromatic rings. The average Bonchev–Trinajstić information content (AvgIpc) is 3.24. The molecule has 0 aliphatic carbocycles. The summed E-state index contributed by atoms with van der Waals surface area (Å²) in [6.07, 6.45) is 0. The third kappa shape index (κ3) is 6.60. The summed E-state index contributed by atoms with van der Waals surface area (Å²) in [7, 11) is 0. The molecule has 0 saturated carbocycles. The van der Waals surface area contributed by atoms with E-state index in [1.807, 2.05) is 34.6 Å². The second-order valence-corrected chi connectivity index (χ2v) is 10.2. The molecule has 0 fully saturated rings. The first kappa shape index (κ1) is 28.5. The van der Waals surface area contributed by atoms with Crippen LogP contribution in [0.15, 0.2) is 48.5 Å². The van der Waals surface area contributed by atoms with Crippen LogP contribution in [0.5, 0.6) is 11.5 Å². The van der Waals surface area contributed by atoms with E-state index in [2.05, 4.69) is 9.69 Å². The van der Waals surface area contributed by atoms with Gasteiger partial charge in [-0.2, -0.15) is 4.37 Å². The number of nitrogens with one attached hydrogen (secondary N) is 1. The number of aromatic nitrogens is 1. The zero-order valence-corrected chi connectivity index (χ0v) is 22.9. The van der Waals surface area contributed by atoms with Gasteiger partial charge in [0, 0.05) is 11.2 Å². The van der Waals surface area contributed by atoms with Gasteiger partial charge in [-0.15, -0.1) is 0 Å². The third-order valence-electron chi connectivity index (χ3n) is 5.31. The van der Waals surface area contributed by atoms with E-state index in [1.54, 1.807) is 48.5 Å². The van der Waals surface area contributed by atoms with E-state index in [4.69, 9.17) is 20.9 Å². The van der Waals surface area contributed by atoms with Gasteiger partial charge < -0.3 is 26.3 Å². The van der Waals surface area contributed by atoms with Gasteiger partial charge in [0.25, 0.3) is 11.8 Å². The highest BCUT2D eigenvalue weighted by Crippen LogP contribution is 2.34. The smallest absolute Gasteiger partial charge is 0.273 e. The van der Waals surface area contributed by atoms with Crippen LogP contribution in [-0.2, 0) is 4.79 Å². The predicted octanol–water partition coefficient (Wildman–Crippen LogP) is 3.92. The maximum Gasteiger partial charge on any atom is 0.273 e. The number of carbonyl (C=O) groups is 3. The summed E-state index contributed by atoms with van der Waals surface area (Å²) in [5.74, 6) is -0.641. The van der Waals surface area contributed by atoms with E-state index in [0.29, 0.717) is 36.0 Å². The second-order valence-electron chi connectivity index (χ2n) is 9.38. The molecule has 0 spiro atoms.